The fourth-order valence-corrected chi connectivity index (χ4v) is 2.30. The Hall–Kier alpha value is -2.14. The van der Waals surface area contributed by atoms with Crippen molar-refractivity contribution in [1.29, 1.82) is 0 Å². The van der Waals surface area contributed by atoms with Gasteiger partial charge < -0.3 is 15.2 Å². The lowest BCUT2D eigenvalue weighted by Crippen LogP contribution is -2.22. The summed E-state index contributed by atoms with van der Waals surface area (Å²) in [6.07, 6.45) is 0. The van der Waals surface area contributed by atoms with Crippen LogP contribution in [-0.2, 0) is 0 Å². The minimum atomic E-state index is -1.23. The lowest BCUT2D eigenvalue weighted by molar-refractivity contribution is -0.255. The Kier molecular flexibility index (Phi) is 3.43. The minimum Gasteiger partial charge on any atom is -0.545 e. The molecule has 5 heteroatoms. The fraction of sp³-hybridized carbons (Fsp3) is 0.0769. The van der Waals surface area contributed by atoms with Gasteiger partial charge in [-0.25, -0.2) is 0 Å². The first-order valence-corrected chi connectivity index (χ1v) is 6.13. The van der Waals surface area contributed by atoms with Crippen LogP contribution in [0.15, 0.2) is 35.7 Å². The molecule has 18 heavy (non-hydrogen) atoms. The zero-order valence-corrected chi connectivity index (χ0v) is 10.4. The zero-order chi connectivity index (χ0) is 13.1. The quantitative estimate of drug-likeness (QED) is 0.912. The maximum absolute atomic E-state index is 11.9. The van der Waals surface area contributed by atoms with E-state index >= 15 is 0 Å². The Morgan fingerprint density at radius 1 is 1.17 bits per heavy atom. The Bertz CT molecular complexity index is 587. The predicted molar refractivity (Wildman–Crippen MR) is 67.8 cm³/mol. The van der Waals surface area contributed by atoms with Gasteiger partial charge in [-0.3, -0.25) is 4.79 Å². The molecule has 4 nitrogen and oxygen atoms in total. The zero-order valence-electron chi connectivity index (χ0n) is 9.60. The van der Waals surface area contributed by atoms with E-state index < -0.39 is 5.97 Å². The summed E-state index contributed by atoms with van der Waals surface area (Å²) in [4.78, 5) is 23.1. The van der Waals surface area contributed by atoms with Crippen molar-refractivity contribution in [2.45, 2.75) is 6.92 Å². The fourth-order valence-electron chi connectivity index (χ4n) is 1.48. The second-order valence-corrected chi connectivity index (χ2v) is 4.67. The molecule has 0 atom stereocenters. The number of carboxylic acid groups (broad SMARTS) is 1. The number of rotatable bonds is 3. The van der Waals surface area contributed by atoms with E-state index in [1.807, 2.05) is 18.4 Å². The lowest BCUT2D eigenvalue weighted by Gasteiger charge is -2.06. The first kappa shape index (κ1) is 12.3. The van der Waals surface area contributed by atoms with Gasteiger partial charge in [0.1, 0.15) is 0 Å². The summed E-state index contributed by atoms with van der Waals surface area (Å²) in [6.45, 7) is 1.87. The van der Waals surface area contributed by atoms with Gasteiger partial charge in [0, 0.05) is 5.69 Å². The van der Waals surface area contributed by atoms with Crippen LogP contribution in [0.1, 0.15) is 25.6 Å². The summed E-state index contributed by atoms with van der Waals surface area (Å²) < 4.78 is 0. The second kappa shape index (κ2) is 5.01. The van der Waals surface area contributed by atoms with Crippen LogP contribution in [0.2, 0.25) is 0 Å². The number of thiophene rings is 1. The molecule has 1 amide bonds. The highest BCUT2D eigenvalue weighted by Crippen LogP contribution is 2.18. The lowest BCUT2D eigenvalue weighted by atomic mass is 10.2. The van der Waals surface area contributed by atoms with Crippen molar-refractivity contribution in [2.75, 3.05) is 5.32 Å². The molecule has 0 saturated heterocycles. The number of benzene rings is 1. The molecule has 0 aliphatic heterocycles. The highest BCUT2D eigenvalue weighted by atomic mass is 32.1. The molecular weight excluding hydrogens is 250 g/mol. The monoisotopic (exact) mass is 260 g/mol. The molecule has 0 unspecified atom stereocenters. The van der Waals surface area contributed by atoms with Crippen molar-refractivity contribution in [1.82, 2.24) is 0 Å². The maximum atomic E-state index is 11.9. The SMILES string of the molecule is Cc1ccsc1C(=O)Nc1ccc(C(=O)[O-])cc1. The van der Waals surface area contributed by atoms with Crippen LogP contribution in [-0.4, -0.2) is 11.9 Å². The summed E-state index contributed by atoms with van der Waals surface area (Å²) in [5.41, 5.74) is 1.56. The van der Waals surface area contributed by atoms with E-state index in [1.54, 1.807) is 0 Å². The average Bonchev–Trinajstić information content (AvgIpc) is 2.76. The van der Waals surface area contributed by atoms with E-state index in [0.29, 0.717) is 10.6 Å². The van der Waals surface area contributed by atoms with Gasteiger partial charge in [0.05, 0.1) is 10.8 Å². The molecule has 0 saturated carbocycles. The number of aromatic carboxylic acids is 1. The molecule has 0 aliphatic rings. The third kappa shape index (κ3) is 2.57. The summed E-state index contributed by atoms with van der Waals surface area (Å²) in [5, 5.41) is 15.1. The van der Waals surface area contributed by atoms with Gasteiger partial charge in [-0.2, -0.15) is 0 Å². The normalized spacial score (nSPS) is 10.1. The van der Waals surface area contributed by atoms with Crippen LogP contribution in [0.4, 0.5) is 5.69 Å². The third-order valence-corrected chi connectivity index (χ3v) is 3.46. The molecule has 2 rings (SSSR count). The first-order chi connectivity index (χ1) is 8.58. The van der Waals surface area contributed by atoms with Crippen molar-refractivity contribution < 1.29 is 14.7 Å². The molecule has 0 fully saturated rings. The summed E-state index contributed by atoms with van der Waals surface area (Å²) in [5.74, 6) is -1.43. The highest BCUT2D eigenvalue weighted by molar-refractivity contribution is 7.12. The van der Waals surface area contributed by atoms with Crippen LogP contribution < -0.4 is 10.4 Å². The van der Waals surface area contributed by atoms with E-state index in [1.165, 1.54) is 35.6 Å². The predicted octanol–water partition coefficient (Wildman–Crippen LogP) is 1.67. The summed E-state index contributed by atoms with van der Waals surface area (Å²) in [7, 11) is 0. The van der Waals surface area contributed by atoms with E-state index in [0.717, 1.165) is 5.56 Å². The van der Waals surface area contributed by atoms with Crippen molar-refractivity contribution in [3.63, 3.8) is 0 Å². The molecule has 92 valence electrons. The number of carboxylic acids is 1. The molecular formula is C13H10NO3S-. The van der Waals surface area contributed by atoms with E-state index in [9.17, 15) is 14.7 Å². The molecule has 1 N–H and O–H groups in total. The van der Waals surface area contributed by atoms with Gasteiger partial charge in [-0.05, 0) is 41.6 Å². The van der Waals surface area contributed by atoms with Gasteiger partial charge in [0.15, 0.2) is 0 Å². The van der Waals surface area contributed by atoms with Crippen LogP contribution >= 0.6 is 11.3 Å². The van der Waals surface area contributed by atoms with Gasteiger partial charge in [-0.1, -0.05) is 12.1 Å². The number of carbonyl (C=O) groups excluding carboxylic acids is 2. The van der Waals surface area contributed by atoms with E-state index in [4.69, 9.17) is 0 Å². The van der Waals surface area contributed by atoms with Crippen molar-refractivity contribution >= 4 is 28.9 Å². The maximum Gasteiger partial charge on any atom is 0.265 e. The Morgan fingerprint density at radius 3 is 2.33 bits per heavy atom. The number of anilines is 1. The molecule has 0 spiro atoms. The minimum absolute atomic E-state index is 0.0836. The first-order valence-electron chi connectivity index (χ1n) is 5.25. The topological polar surface area (TPSA) is 69.2 Å². The van der Waals surface area contributed by atoms with Crippen molar-refractivity contribution in [2.24, 2.45) is 0 Å². The second-order valence-electron chi connectivity index (χ2n) is 3.75. The molecule has 1 aromatic carbocycles. The number of nitrogens with one attached hydrogen (secondary N) is 1. The smallest absolute Gasteiger partial charge is 0.265 e. The van der Waals surface area contributed by atoms with Gasteiger partial charge in [0.2, 0.25) is 0 Å². The number of carbonyl (C=O) groups is 2. The number of amides is 1. The number of hydrogen-bond donors (Lipinski definition) is 1. The van der Waals surface area contributed by atoms with Crippen LogP contribution in [0, 0.1) is 6.92 Å². The highest BCUT2D eigenvalue weighted by Gasteiger charge is 2.10. The third-order valence-electron chi connectivity index (χ3n) is 2.45. The van der Waals surface area contributed by atoms with Crippen LogP contribution in [0.5, 0.6) is 0 Å². The number of hydrogen-bond acceptors (Lipinski definition) is 4. The van der Waals surface area contributed by atoms with Crippen LogP contribution in [0.3, 0.4) is 0 Å². The van der Waals surface area contributed by atoms with Crippen molar-refractivity contribution in [3.05, 3.63) is 51.7 Å². The van der Waals surface area contributed by atoms with Gasteiger partial charge >= 0.3 is 0 Å². The van der Waals surface area contributed by atoms with E-state index in [-0.39, 0.29) is 11.5 Å². The summed E-state index contributed by atoms with van der Waals surface area (Å²) in [6, 6.07) is 7.73. The molecule has 0 radical (unpaired) electrons. The van der Waals surface area contributed by atoms with Gasteiger partial charge in [-0.15, -0.1) is 11.3 Å². The number of aryl methyl sites for hydroxylation is 1. The average molecular weight is 260 g/mol. The Labute approximate surface area is 108 Å². The molecule has 1 heterocycles. The Balaban J connectivity index is 2.13. The molecule has 0 aliphatic carbocycles. The summed E-state index contributed by atoms with van der Waals surface area (Å²) >= 11 is 1.37. The van der Waals surface area contributed by atoms with Crippen LogP contribution in [0.25, 0.3) is 0 Å². The standard InChI is InChI=1S/C13H11NO3S/c1-8-6-7-18-11(8)12(15)14-10-4-2-9(3-5-10)13(16)17/h2-7H,1H3,(H,14,15)(H,16,17)/p-1. The largest absolute Gasteiger partial charge is 0.545 e. The molecule has 0 bridgehead atoms. The Morgan fingerprint density at radius 2 is 1.83 bits per heavy atom. The van der Waals surface area contributed by atoms with Crippen molar-refractivity contribution in [3.8, 4) is 0 Å². The molecule has 2 aromatic rings. The van der Waals surface area contributed by atoms with Gasteiger partial charge in [0.25, 0.3) is 5.91 Å². The van der Waals surface area contributed by atoms with E-state index in [2.05, 4.69) is 5.32 Å². The molecule has 1 aromatic heterocycles.